The number of hydrogen-bond acceptors (Lipinski definition) is 8. The monoisotopic (exact) mass is 384 g/mol. The Kier molecular flexibility index (Phi) is 5.76. The quantitative estimate of drug-likeness (QED) is 0.646. The minimum atomic E-state index is 0.106. The van der Waals surface area contributed by atoms with E-state index in [0.717, 1.165) is 24.6 Å². The fourth-order valence-electron chi connectivity index (χ4n) is 2.74. The molecule has 1 aliphatic rings. The molecule has 1 saturated heterocycles. The lowest BCUT2D eigenvalue weighted by Crippen LogP contribution is -2.26. The van der Waals surface area contributed by atoms with Crippen LogP contribution in [0.3, 0.4) is 0 Å². The fraction of sp³-hybridized carbons (Fsp3) is 0.316. The topological polar surface area (TPSA) is 78.4 Å². The van der Waals surface area contributed by atoms with Gasteiger partial charge < -0.3 is 19.5 Å². The standard InChI is InChI=1S/C19H20N4O3S/c1-2-8-24-15(4-1)13-25-17-10-16(26-14-5-3-6-20-11-14)12-22-18(17)23-19-21-7-9-27-19/h3,5-7,9-12,15H,1-2,4,8,13H2,(H,21,22,23). The third-order valence-corrected chi connectivity index (χ3v) is 4.74. The van der Waals surface area contributed by atoms with Crippen LogP contribution in [0.15, 0.2) is 48.4 Å². The van der Waals surface area contributed by atoms with Crippen molar-refractivity contribution in [3.8, 4) is 17.2 Å². The summed E-state index contributed by atoms with van der Waals surface area (Å²) in [6, 6.07) is 5.48. The van der Waals surface area contributed by atoms with Crippen molar-refractivity contribution in [2.45, 2.75) is 25.4 Å². The van der Waals surface area contributed by atoms with Crippen LogP contribution in [0.2, 0.25) is 0 Å². The summed E-state index contributed by atoms with van der Waals surface area (Å²) in [5.74, 6) is 2.41. The maximum atomic E-state index is 6.03. The zero-order valence-corrected chi connectivity index (χ0v) is 15.5. The Labute approximate surface area is 161 Å². The fourth-order valence-corrected chi connectivity index (χ4v) is 3.27. The van der Waals surface area contributed by atoms with Gasteiger partial charge in [-0.3, -0.25) is 4.98 Å². The molecule has 0 bridgehead atoms. The van der Waals surface area contributed by atoms with Gasteiger partial charge in [-0.2, -0.15) is 0 Å². The molecule has 0 amide bonds. The van der Waals surface area contributed by atoms with Crippen molar-refractivity contribution in [2.24, 2.45) is 0 Å². The van der Waals surface area contributed by atoms with Crippen LogP contribution < -0.4 is 14.8 Å². The minimum absolute atomic E-state index is 0.106. The van der Waals surface area contributed by atoms with Gasteiger partial charge in [0, 0.05) is 30.4 Å². The molecule has 27 heavy (non-hydrogen) atoms. The van der Waals surface area contributed by atoms with Gasteiger partial charge in [-0.25, -0.2) is 9.97 Å². The summed E-state index contributed by atoms with van der Waals surface area (Å²) in [7, 11) is 0. The zero-order valence-electron chi connectivity index (χ0n) is 14.7. The van der Waals surface area contributed by atoms with Crippen molar-refractivity contribution in [1.82, 2.24) is 15.0 Å². The highest BCUT2D eigenvalue weighted by molar-refractivity contribution is 7.13. The molecule has 3 aromatic heterocycles. The summed E-state index contributed by atoms with van der Waals surface area (Å²) in [5.41, 5.74) is 0. The van der Waals surface area contributed by atoms with Crippen LogP contribution in [0.4, 0.5) is 10.9 Å². The molecule has 1 N–H and O–H groups in total. The van der Waals surface area contributed by atoms with E-state index in [-0.39, 0.29) is 6.10 Å². The summed E-state index contributed by atoms with van der Waals surface area (Å²) in [5, 5.41) is 5.85. The van der Waals surface area contributed by atoms with E-state index in [0.29, 0.717) is 29.7 Å². The number of aromatic nitrogens is 3. The first-order valence-corrected chi connectivity index (χ1v) is 9.73. The Morgan fingerprint density at radius 2 is 2.19 bits per heavy atom. The number of ether oxygens (including phenoxy) is 3. The SMILES string of the molecule is c1cncc(Oc2cnc(Nc3nccs3)c(OCC3CCCCO3)c2)c1. The second-order valence-corrected chi connectivity index (χ2v) is 6.96. The maximum Gasteiger partial charge on any atom is 0.188 e. The lowest BCUT2D eigenvalue weighted by Gasteiger charge is -2.23. The van der Waals surface area contributed by atoms with Gasteiger partial charge in [0.05, 0.1) is 18.5 Å². The van der Waals surface area contributed by atoms with Gasteiger partial charge in [0.1, 0.15) is 18.1 Å². The number of thiazole rings is 1. The van der Waals surface area contributed by atoms with E-state index in [1.165, 1.54) is 17.8 Å². The van der Waals surface area contributed by atoms with Crippen molar-refractivity contribution in [2.75, 3.05) is 18.5 Å². The van der Waals surface area contributed by atoms with Crippen molar-refractivity contribution < 1.29 is 14.2 Å². The molecular formula is C19H20N4O3S. The summed E-state index contributed by atoms with van der Waals surface area (Å²) < 4.78 is 17.6. The molecule has 1 unspecified atom stereocenters. The van der Waals surface area contributed by atoms with E-state index in [9.17, 15) is 0 Å². The van der Waals surface area contributed by atoms with Gasteiger partial charge in [0.15, 0.2) is 16.7 Å². The molecule has 4 rings (SSSR count). The van der Waals surface area contributed by atoms with E-state index in [2.05, 4.69) is 20.3 Å². The second kappa shape index (κ2) is 8.79. The van der Waals surface area contributed by atoms with Crippen molar-refractivity contribution in [3.05, 3.63) is 48.4 Å². The van der Waals surface area contributed by atoms with Crippen LogP contribution in [0.5, 0.6) is 17.2 Å². The Hall–Kier alpha value is -2.71. The Morgan fingerprint density at radius 1 is 1.19 bits per heavy atom. The summed E-state index contributed by atoms with van der Waals surface area (Å²) in [4.78, 5) is 12.8. The van der Waals surface area contributed by atoms with Crippen molar-refractivity contribution in [1.29, 1.82) is 0 Å². The number of anilines is 2. The van der Waals surface area contributed by atoms with Gasteiger partial charge in [-0.05, 0) is 31.4 Å². The van der Waals surface area contributed by atoms with Gasteiger partial charge >= 0.3 is 0 Å². The molecule has 1 fully saturated rings. The molecule has 0 radical (unpaired) electrons. The van der Waals surface area contributed by atoms with E-state index in [1.807, 2.05) is 23.6 Å². The van der Waals surface area contributed by atoms with Gasteiger partial charge in [-0.1, -0.05) is 0 Å². The molecule has 7 nitrogen and oxygen atoms in total. The smallest absolute Gasteiger partial charge is 0.188 e. The first kappa shape index (κ1) is 17.7. The van der Waals surface area contributed by atoms with Gasteiger partial charge in [-0.15, -0.1) is 11.3 Å². The number of rotatable bonds is 7. The predicted octanol–water partition coefficient (Wildman–Crippen LogP) is 4.42. The third kappa shape index (κ3) is 4.93. The summed E-state index contributed by atoms with van der Waals surface area (Å²) in [6.45, 7) is 1.27. The normalized spacial score (nSPS) is 16.7. The molecule has 140 valence electrons. The highest BCUT2D eigenvalue weighted by atomic mass is 32.1. The lowest BCUT2D eigenvalue weighted by atomic mass is 10.1. The van der Waals surface area contributed by atoms with Gasteiger partial charge in [0.25, 0.3) is 0 Å². The van der Waals surface area contributed by atoms with E-state index < -0.39 is 0 Å². The van der Waals surface area contributed by atoms with E-state index >= 15 is 0 Å². The minimum Gasteiger partial charge on any atom is -0.487 e. The first-order valence-electron chi connectivity index (χ1n) is 8.86. The Morgan fingerprint density at radius 3 is 2.96 bits per heavy atom. The molecule has 0 aliphatic carbocycles. The number of nitrogens with one attached hydrogen (secondary N) is 1. The molecule has 0 spiro atoms. The third-order valence-electron chi connectivity index (χ3n) is 4.05. The number of hydrogen-bond donors (Lipinski definition) is 1. The molecule has 0 saturated carbocycles. The average Bonchev–Trinajstić information content (AvgIpc) is 3.23. The van der Waals surface area contributed by atoms with Crippen molar-refractivity contribution in [3.63, 3.8) is 0 Å². The largest absolute Gasteiger partial charge is 0.487 e. The molecule has 4 heterocycles. The number of nitrogens with zero attached hydrogens (tertiary/aromatic N) is 3. The highest BCUT2D eigenvalue weighted by Crippen LogP contribution is 2.32. The summed E-state index contributed by atoms with van der Waals surface area (Å²) >= 11 is 1.50. The maximum absolute atomic E-state index is 6.03. The molecule has 1 aliphatic heterocycles. The van der Waals surface area contributed by atoms with Crippen LogP contribution in [0.25, 0.3) is 0 Å². The van der Waals surface area contributed by atoms with Gasteiger partial charge in [0.2, 0.25) is 0 Å². The van der Waals surface area contributed by atoms with Crippen LogP contribution in [-0.4, -0.2) is 34.3 Å². The van der Waals surface area contributed by atoms with E-state index in [1.54, 1.807) is 24.8 Å². The first-order chi connectivity index (χ1) is 13.4. The van der Waals surface area contributed by atoms with Crippen LogP contribution in [0, 0.1) is 0 Å². The predicted molar refractivity (Wildman–Crippen MR) is 103 cm³/mol. The van der Waals surface area contributed by atoms with Crippen LogP contribution >= 0.6 is 11.3 Å². The molecular weight excluding hydrogens is 364 g/mol. The van der Waals surface area contributed by atoms with Crippen LogP contribution in [0.1, 0.15) is 19.3 Å². The highest BCUT2D eigenvalue weighted by Gasteiger charge is 2.17. The average molecular weight is 384 g/mol. The lowest BCUT2D eigenvalue weighted by molar-refractivity contribution is -0.0110. The van der Waals surface area contributed by atoms with Crippen LogP contribution in [-0.2, 0) is 4.74 Å². The summed E-state index contributed by atoms with van der Waals surface area (Å²) in [6.07, 6.45) is 10.1. The second-order valence-electron chi connectivity index (χ2n) is 6.07. The van der Waals surface area contributed by atoms with E-state index in [4.69, 9.17) is 14.2 Å². The molecule has 1 atom stereocenters. The molecule has 8 heteroatoms. The molecule has 0 aromatic carbocycles. The zero-order chi connectivity index (χ0) is 18.3. The Balaban J connectivity index is 1.52. The number of pyridine rings is 2. The molecule has 3 aromatic rings. The Bertz CT molecular complexity index is 839. The van der Waals surface area contributed by atoms with Crippen molar-refractivity contribution >= 4 is 22.3 Å².